The van der Waals surface area contributed by atoms with Gasteiger partial charge in [-0.25, -0.2) is 0 Å². The molecule has 2 heterocycles. The minimum absolute atomic E-state index is 0.177. The van der Waals surface area contributed by atoms with Crippen LogP contribution >= 0.6 is 0 Å². The fraction of sp³-hybridized carbons (Fsp3) is 0.333. The largest absolute Gasteiger partial charge is 0.454 e. The molecule has 2 aromatic carbocycles. The molecule has 2 aromatic rings. The topological polar surface area (TPSA) is 59.1 Å². The van der Waals surface area contributed by atoms with E-state index >= 15 is 0 Å². The average molecular weight is 366 g/mol. The Labute approximate surface area is 158 Å². The van der Waals surface area contributed by atoms with Crippen LogP contribution in [0.25, 0.3) is 0 Å². The normalized spacial score (nSPS) is 15.0. The van der Waals surface area contributed by atoms with Gasteiger partial charge in [0.25, 0.3) is 11.8 Å². The molecule has 6 heteroatoms. The number of fused-ring (bicyclic) bond motifs is 2. The molecule has 0 unspecified atom stereocenters. The van der Waals surface area contributed by atoms with Crippen LogP contribution in [0.5, 0.6) is 11.5 Å². The molecule has 0 bridgehead atoms. The summed E-state index contributed by atoms with van der Waals surface area (Å²) in [4.78, 5) is 28.3. The van der Waals surface area contributed by atoms with Gasteiger partial charge >= 0.3 is 0 Å². The number of carbonyl (C=O) groups excluding carboxylic acids is 2. The van der Waals surface area contributed by atoms with Crippen molar-refractivity contribution in [1.29, 1.82) is 0 Å². The summed E-state index contributed by atoms with van der Waals surface area (Å²) >= 11 is 0. The van der Waals surface area contributed by atoms with Crippen LogP contribution in [-0.4, -0.2) is 48.5 Å². The van der Waals surface area contributed by atoms with Crippen LogP contribution in [0, 0.1) is 0 Å². The third kappa shape index (κ3) is 3.53. The lowest BCUT2D eigenvalue weighted by Gasteiger charge is -2.18. The second-order valence-corrected chi connectivity index (χ2v) is 6.94. The van der Waals surface area contributed by atoms with E-state index in [4.69, 9.17) is 9.47 Å². The van der Waals surface area contributed by atoms with Gasteiger partial charge in [0.05, 0.1) is 11.1 Å². The second kappa shape index (κ2) is 7.40. The lowest BCUT2D eigenvalue weighted by atomic mass is 10.1. The van der Waals surface area contributed by atoms with E-state index in [0.717, 1.165) is 37.4 Å². The molecule has 2 aliphatic heterocycles. The van der Waals surface area contributed by atoms with E-state index in [9.17, 15) is 9.59 Å². The first kappa shape index (κ1) is 17.5. The van der Waals surface area contributed by atoms with Gasteiger partial charge in [0, 0.05) is 13.1 Å². The standard InChI is InChI=1S/C21H22N2O4/c1-22(13-15-8-9-18-19(12-15)27-14-26-18)10-4-5-11-23-20(24)16-6-2-3-7-17(16)21(23)25/h2-3,6-9,12H,4-5,10-11,13-14H2,1H3. The molecular weight excluding hydrogens is 344 g/mol. The Morgan fingerprint density at radius 3 is 2.41 bits per heavy atom. The van der Waals surface area contributed by atoms with Crippen LogP contribution < -0.4 is 9.47 Å². The van der Waals surface area contributed by atoms with E-state index in [1.807, 2.05) is 18.2 Å². The third-order valence-electron chi connectivity index (χ3n) is 4.94. The van der Waals surface area contributed by atoms with Crippen LogP contribution in [0.15, 0.2) is 42.5 Å². The summed E-state index contributed by atoms with van der Waals surface area (Å²) in [6.07, 6.45) is 1.70. The molecule has 0 fully saturated rings. The van der Waals surface area contributed by atoms with E-state index in [-0.39, 0.29) is 18.6 Å². The van der Waals surface area contributed by atoms with Crippen LogP contribution in [-0.2, 0) is 6.54 Å². The number of ether oxygens (including phenoxy) is 2. The molecule has 4 rings (SSSR count). The Kier molecular flexibility index (Phi) is 4.81. The van der Waals surface area contributed by atoms with Crippen molar-refractivity contribution in [2.75, 3.05) is 26.9 Å². The zero-order valence-corrected chi connectivity index (χ0v) is 15.3. The molecular formula is C21H22N2O4. The van der Waals surface area contributed by atoms with E-state index in [1.165, 1.54) is 10.5 Å². The zero-order chi connectivity index (χ0) is 18.8. The third-order valence-corrected chi connectivity index (χ3v) is 4.94. The Morgan fingerprint density at radius 2 is 1.67 bits per heavy atom. The molecule has 0 aromatic heterocycles. The van der Waals surface area contributed by atoms with Gasteiger partial charge in [0.2, 0.25) is 6.79 Å². The fourth-order valence-electron chi connectivity index (χ4n) is 3.52. The first-order valence-electron chi connectivity index (χ1n) is 9.16. The number of unbranched alkanes of at least 4 members (excludes halogenated alkanes) is 1. The maximum absolute atomic E-state index is 12.3. The van der Waals surface area contributed by atoms with Crippen LogP contribution in [0.4, 0.5) is 0 Å². The maximum Gasteiger partial charge on any atom is 0.261 e. The first-order chi connectivity index (χ1) is 13.1. The predicted molar refractivity (Wildman–Crippen MR) is 99.9 cm³/mol. The van der Waals surface area contributed by atoms with Gasteiger partial charge < -0.3 is 14.4 Å². The van der Waals surface area contributed by atoms with Gasteiger partial charge in [-0.05, 0) is 56.3 Å². The number of amides is 2. The number of rotatable bonds is 7. The van der Waals surface area contributed by atoms with Crippen molar-refractivity contribution in [3.8, 4) is 11.5 Å². The summed E-state index contributed by atoms with van der Waals surface area (Å²) in [6, 6.07) is 13.0. The van der Waals surface area contributed by atoms with Gasteiger partial charge in [-0.2, -0.15) is 0 Å². The molecule has 6 nitrogen and oxygen atoms in total. The van der Waals surface area contributed by atoms with Crippen LogP contribution in [0.2, 0.25) is 0 Å². The average Bonchev–Trinajstić information content (AvgIpc) is 3.23. The molecule has 0 spiro atoms. The summed E-state index contributed by atoms with van der Waals surface area (Å²) in [5.41, 5.74) is 2.20. The monoisotopic (exact) mass is 366 g/mol. The lowest BCUT2D eigenvalue weighted by molar-refractivity contribution is 0.0650. The maximum atomic E-state index is 12.3. The molecule has 0 radical (unpaired) electrons. The van der Waals surface area contributed by atoms with Crippen molar-refractivity contribution in [2.24, 2.45) is 0 Å². The van der Waals surface area contributed by atoms with E-state index in [1.54, 1.807) is 24.3 Å². The number of hydrogen-bond acceptors (Lipinski definition) is 5. The first-order valence-corrected chi connectivity index (χ1v) is 9.16. The number of nitrogens with zero attached hydrogens (tertiary/aromatic N) is 2. The molecule has 140 valence electrons. The van der Waals surface area contributed by atoms with Gasteiger partial charge in [-0.1, -0.05) is 18.2 Å². The van der Waals surface area contributed by atoms with Crippen LogP contribution in [0.1, 0.15) is 39.1 Å². The fourth-order valence-corrected chi connectivity index (χ4v) is 3.52. The number of hydrogen-bond donors (Lipinski definition) is 0. The Bertz CT molecular complexity index is 845. The molecule has 0 saturated carbocycles. The number of imide groups is 1. The highest BCUT2D eigenvalue weighted by Crippen LogP contribution is 2.32. The summed E-state index contributed by atoms with van der Waals surface area (Å²) in [5.74, 6) is 1.24. The number of carbonyl (C=O) groups is 2. The van der Waals surface area contributed by atoms with Crippen molar-refractivity contribution in [1.82, 2.24) is 9.80 Å². The highest BCUT2D eigenvalue weighted by Gasteiger charge is 2.34. The SMILES string of the molecule is CN(CCCCN1C(=O)c2ccccc2C1=O)Cc1ccc2c(c1)OCO2. The van der Waals surface area contributed by atoms with Crippen molar-refractivity contribution in [3.05, 3.63) is 59.2 Å². The van der Waals surface area contributed by atoms with E-state index < -0.39 is 0 Å². The van der Waals surface area contributed by atoms with Crippen molar-refractivity contribution >= 4 is 11.8 Å². The minimum atomic E-state index is -0.177. The molecule has 0 saturated heterocycles. The summed E-state index contributed by atoms with van der Waals surface area (Å²) in [6.45, 7) is 2.44. The quantitative estimate of drug-likeness (QED) is 0.557. The molecule has 2 amide bonds. The molecule has 27 heavy (non-hydrogen) atoms. The van der Waals surface area contributed by atoms with Gasteiger partial charge in [-0.3, -0.25) is 14.5 Å². The number of benzene rings is 2. The van der Waals surface area contributed by atoms with E-state index in [0.29, 0.717) is 17.7 Å². The summed E-state index contributed by atoms with van der Waals surface area (Å²) in [5, 5.41) is 0. The zero-order valence-electron chi connectivity index (χ0n) is 15.3. The Balaban J connectivity index is 1.24. The summed E-state index contributed by atoms with van der Waals surface area (Å²) in [7, 11) is 2.06. The second-order valence-electron chi connectivity index (χ2n) is 6.94. The highest BCUT2D eigenvalue weighted by molar-refractivity contribution is 6.21. The summed E-state index contributed by atoms with van der Waals surface area (Å²) < 4.78 is 10.7. The smallest absolute Gasteiger partial charge is 0.261 e. The van der Waals surface area contributed by atoms with Crippen molar-refractivity contribution in [2.45, 2.75) is 19.4 Å². The molecule has 0 aliphatic carbocycles. The Hall–Kier alpha value is -2.86. The molecule has 2 aliphatic rings. The van der Waals surface area contributed by atoms with Crippen LogP contribution in [0.3, 0.4) is 0 Å². The molecule has 0 atom stereocenters. The van der Waals surface area contributed by atoms with Crippen molar-refractivity contribution in [3.63, 3.8) is 0 Å². The minimum Gasteiger partial charge on any atom is -0.454 e. The lowest BCUT2D eigenvalue weighted by Crippen LogP contribution is -2.31. The highest BCUT2D eigenvalue weighted by atomic mass is 16.7. The van der Waals surface area contributed by atoms with Gasteiger partial charge in [-0.15, -0.1) is 0 Å². The van der Waals surface area contributed by atoms with Crippen molar-refractivity contribution < 1.29 is 19.1 Å². The molecule has 0 N–H and O–H groups in total. The van der Waals surface area contributed by atoms with Gasteiger partial charge in [0.15, 0.2) is 11.5 Å². The van der Waals surface area contributed by atoms with E-state index in [2.05, 4.69) is 11.9 Å². The van der Waals surface area contributed by atoms with Gasteiger partial charge in [0.1, 0.15) is 0 Å². The predicted octanol–water partition coefficient (Wildman–Crippen LogP) is 2.92. The Morgan fingerprint density at radius 1 is 0.963 bits per heavy atom.